The van der Waals surface area contributed by atoms with Crippen molar-refractivity contribution in [1.82, 2.24) is 4.90 Å². The third-order valence-corrected chi connectivity index (χ3v) is 3.56. The van der Waals surface area contributed by atoms with Gasteiger partial charge >= 0.3 is 0 Å². The lowest BCUT2D eigenvalue weighted by molar-refractivity contribution is 0.00366. The highest BCUT2D eigenvalue weighted by Crippen LogP contribution is 2.19. The molecule has 0 spiro atoms. The van der Waals surface area contributed by atoms with Crippen LogP contribution in [0.4, 0.5) is 0 Å². The molecule has 1 aliphatic heterocycles. The van der Waals surface area contributed by atoms with E-state index in [2.05, 4.69) is 0 Å². The second kappa shape index (κ2) is 4.64. The molecule has 2 heterocycles. The Balaban J connectivity index is 2.11. The largest absolute Gasteiger partial charge is 0.360 e. The van der Waals surface area contributed by atoms with Gasteiger partial charge in [0, 0.05) is 6.54 Å². The van der Waals surface area contributed by atoms with E-state index in [1.165, 1.54) is 11.3 Å². The fourth-order valence-electron chi connectivity index (χ4n) is 1.65. The zero-order chi connectivity index (χ0) is 11.5. The van der Waals surface area contributed by atoms with E-state index in [1.807, 2.05) is 24.4 Å². The van der Waals surface area contributed by atoms with Crippen LogP contribution in [0.5, 0.6) is 0 Å². The molecule has 1 aromatic heterocycles. The number of rotatable bonds is 1. The van der Waals surface area contributed by atoms with Crippen molar-refractivity contribution in [1.29, 1.82) is 5.26 Å². The first kappa shape index (κ1) is 11.1. The van der Waals surface area contributed by atoms with Gasteiger partial charge in [0.15, 0.2) is 6.10 Å². The van der Waals surface area contributed by atoms with Crippen molar-refractivity contribution in [3.63, 3.8) is 0 Å². The van der Waals surface area contributed by atoms with Gasteiger partial charge in [-0.25, -0.2) is 0 Å². The molecule has 1 fully saturated rings. The summed E-state index contributed by atoms with van der Waals surface area (Å²) in [4.78, 5) is 14.6. The van der Waals surface area contributed by atoms with Gasteiger partial charge in [-0.1, -0.05) is 0 Å². The third kappa shape index (κ3) is 2.08. The first-order chi connectivity index (χ1) is 7.72. The smallest absolute Gasteiger partial charge is 0.264 e. The van der Waals surface area contributed by atoms with E-state index in [0.717, 1.165) is 10.4 Å². The highest BCUT2D eigenvalue weighted by Gasteiger charge is 2.26. The van der Waals surface area contributed by atoms with Crippen molar-refractivity contribution >= 4 is 17.2 Å². The van der Waals surface area contributed by atoms with E-state index < -0.39 is 6.10 Å². The first-order valence-corrected chi connectivity index (χ1v) is 5.95. The lowest BCUT2D eigenvalue weighted by atomic mass is 10.2. The molecule has 1 saturated heterocycles. The fourth-order valence-corrected chi connectivity index (χ4v) is 2.54. The normalized spacial score (nSPS) is 20.5. The number of morpholine rings is 1. The Kier molecular flexibility index (Phi) is 3.22. The van der Waals surface area contributed by atoms with Crippen LogP contribution < -0.4 is 0 Å². The maximum absolute atomic E-state index is 12.1. The van der Waals surface area contributed by atoms with E-state index >= 15 is 0 Å². The van der Waals surface area contributed by atoms with E-state index in [0.29, 0.717) is 19.7 Å². The van der Waals surface area contributed by atoms with Crippen LogP contribution >= 0.6 is 11.3 Å². The Morgan fingerprint density at radius 2 is 2.56 bits per heavy atom. The molecule has 0 N–H and O–H groups in total. The second-order valence-electron chi connectivity index (χ2n) is 3.67. The van der Waals surface area contributed by atoms with Gasteiger partial charge in [0.1, 0.15) is 0 Å². The molecule has 1 atom stereocenters. The van der Waals surface area contributed by atoms with Crippen molar-refractivity contribution < 1.29 is 9.53 Å². The van der Waals surface area contributed by atoms with Crippen LogP contribution in [-0.2, 0) is 4.74 Å². The summed E-state index contributed by atoms with van der Waals surface area (Å²) in [5.41, 5.74) is 0.995. The molecule has 1 amide bonds. The Hall–Kier alpha value is -1.38. The van der Waals surface area contributed by atoms with Gasteiger partial charge in [-0.05, 0) is 23.9 Å². The Morgan fingerprint density at radius 1 is 1.75 bits per heavy atom. The van der Waals surface area contributed by atoms with Gasteiger partial charge < -0.3 is 9.64 Å². The van der Waals surface area contributed by atoms with Crippen LogP contribution in [0.2, 0.25) is 0 Å². The summed E-state index contributed by atoms with van der Waals surface area (Å²) in [6.07, 6.45) is -0.488. The lowest BCUT2D eigenvalue weighted by Gasteiger charge is -2.29. The zero-order valence-corrected chi connectivity index (χ0v) is 9.79. The van der Waals surface area contributed by atoms with Crippen LogP contribution in [0, 0.1) is 18.3 Å². The number of hydrogen-bond donors (Lipinski definition) is 0. The van der Waals surface area contributed by atoms with Gasteiger partial charge in [-0.2, -0.15) is 5.26 Å². The van der Waals surface area contributed by atoms with E-state index in [9.17, 15) is 4.79 Å². The fraction of sp³-hybridized carbons (Fsp3) is 0.455. The van der Waals surface area contributed by atoms with Crippen molar-refractivity contribution in [2.24, 2.45) is 0 Å². The van der Waals surface area contributed by atoms with E-state index in [4.69, 9.17) is 10.00 Å². The van der Waals surface area contributed by atoms with E-state index in [1.54, 1.807) is 4.90 Å². The summed E-state index contributed by atoms with van der Waals surface area (Å²) in [5, 5.41) is 10.7. The SMILES string of the molecule is Cc1ccsc1C(=O)N1CCOC(C#N)C1. The van der Waals surface area contributed by atoms with Crippen LogP contribution in [0.1, 0.15) is 15.2 Å². The molecule has 1 aromatic rings. The zero-order valence-electron chi connectivity index (χ0n) is 8.97. The number of amides is 1. The maximum atomic E-state index is 12.1. The number of hydrogen-bond acceptors (Lipinski definition) is 4. The monoisotopic (exact) mass is 236 g/mol. The Labute approximate surface area is 98.0 Å². The highest BCUT2D eigenvalue weighted by molar-refractivity contribution is 7.12. The van der Waals surface area contributed by atoms with Gasteiger partial charge in [-0.3, -0.25) is 4.79 Å². The predicted octanol–water partition coefficient (Wildman–Crippen LogP) is 1.42. The number of carbonyl (C=O) groups excluding carboxylic acids is 1. The highest BCUT2D eigenvalue weighted by atomic mass is 32.1. The Bertz CT molecular complexity index is 435. The average Bonchev–Trinajstić information content (AvgIpc) is 2.74. The van der Waals surface area contributed by atoms with Crippen LogP contribution in [-0.4, -0.2) is 36.6 Å². The summed E-state index contributed by atoms with van der Waals surface area (Å²) in [6, 6.07) is 3.97. The summed E-state index contributed by atoms with van der Waals surface area (Å²) < 4.78 is 5.20. The molecule has 1 unspecified atom stereocenters. The molecule has 1 aliphatic rings. The van der Waals surface area contributed by atoms with Crippen LogP contribution in [0.3, 0.4) is 0 Å². The van der Waals surface area contributed by atoms with Crippen molar-refractivity contribution in [2.45, 2.75) is 13.0 Å². The quantitative estimate of drug-likeness (QED) is 0.741. The summed E-state index contributed by atoms with van der Waals surface area (Å²) >= 11 is 1.45. The topological polar surface area (TPSA) is 53.3 Å². The third-order valence-electron chi connectivity index (χ3n) is 2.55. The van der Waals surface area contributed by atoms with Gasteiger partial charge in [-0.15, -0.1) is 11.3 Å². The molecule has 84 valence electrons. The minimum atomic E-state index is -0.488. The molecule has 0 bridgehead atoms. The molecule has 0 radical (unpaired) electrons. The summed E-state index contributed by atoms with van der Waals surface area (Å²) in [5.74, 6) is 0.0102. The number of carbonyl (C=O) groups is 1. The van der Waals surface area contributed by atoms with Gasteiger partial charge in [0.25, 0.3) is 5.91 Å². The number of nitriles is 1. The van der Waals surface area contributed by atoms with Gasteiger partial charge in [0.05, 0.1) is 24.1 Å². The van der Waals surface area contributed by atoms with Crippen molar-refractivity contribution in [3.8, 4) is 6.07 Å². The molecule has 0 aromatic carbocycles. The lowest BCUT2D eigenvalue weighted by Crippen LogP contribution is -2.45. The molecular weight excluding hydrogens is 224 g/mol. The molecule has 2 rings (SSSR count). The molecule has 0 saturated carbocycles. The average molecular weight is 236 g/mol. The minimum Gasteiger partial charge on any atom is -0.360 e. The molecule has 5 heteroatoms. The number of nitrogens with zero attached hydrogens (tertiary/aromatic N) is 2. The van der Waals surface area contributed by atoms with Crippen molar-refractivity contribution in [2.75, 3.05) is 19.7 Å². The second-order valence-corrected chi connectivity index (χ2v) is 4.59. The van der Waals surface area contributed by atoms with Crippen LogP contribution in [0.25, 0.3) is 0 Å². The summed E-state index contributed by atoms with van der Waals surface area (Å²) in [7, 11) is 0. The van der Waals surface area contributed by atoms with Gasteiger partial charge in [0.2, 0.25) is 0 Å². The van der Waals surface area contributed by atoms with Crippen molar-refractivity contribution in [3.05, 3.63) is 21.9 Å². The minimum absolute atomic E-state index is 0.0102. The molecular formula is C11H12N2O2S. The predicted molar refractivity (Wildman–Crippen MR) is 60.3 cm³/mol. The van der Waals surface area contributed by atoms with E-state index in [-0.39, 0.29) is 5.91 Å². The maximum Gasteiger partial charge on any atom is 0.264 e. The number of thiophene rings is 1. The molecule has 16 heavy (non-hydrogen) atoms. The Morgan fingerprint density at radius 3 is 3.19 bits per heavy atom. The molecule has 4 nitrogen and oxygen atoms in total. The number of aryl methyl sites for hydroxylation is 1. The summed E-state index contributed by atoms with van der Waals surface area (Å²) in [6.45, 7) is 3.29. The number of ether oxygens (including phenoxy) is 1. The molecule has 0 aliphatic carbocycles. The standard InChI is InChI=1S/C11H12N2O2S/c1-8-2-5-16-10(8)11(14)13-3-4-15-9(6-12)7-13/h2,5,9H,3-4,7H2,1H3. The van der Waals surface area contributed by atoms with Crippen LogP contribution in [0.15, 0.2) is 11.4 Å². The first-order valence-electron chi connectivity index (χ1n) is 5.07.